The number of non-ortho nitro benzene ring substituents is 1. The van der Waals surface area contributed by atoms with Crippen LogP contribution in [0.25, 0.3) is 6.08 Å². The number of nitro benzene ring substituents is 1. The van der Waals surface area contributed by atoms with E-state index in [0.717, 1.165) is 9.13 Å². The summed E-state index contributed by atoms with van der Waals surface area (Å²) in [6.07, 6.45) is 1.79. The molecule has 1 saturated heterocycles. The Kier molecular flexibility index (Phi) is 6.98. The van der Waals surface area contributed by atoms with Gasteiger partial charge in [0.1, 0.15) is 6.61 Å². The van der Waals surface area contributed by atoms with Crippen LogP contribution in [0.5, 0.6) is 11.5 Å². The molecule has 0 saturated carbocycles. The van der Waals surface area contributed by atoms with Gasteiger partial charge in [-0.15, -0.1) is 0 Å². The Balaban J connectivity index is 1.84. The van der Waals surface area contributed by atoms with E-state index >= 15 is 0 Å². The third kappa shape index (κ3) is 4.75. The maximum absolute atomic E-state index is 12.4. The molecule has 10 heteroatoms. The molecule has 156 valence electrons. The summed E-state index contributed by atoms with van der Waals surface area (Å²) in [4.78, 5) is 29.1. The van der Waals surface area contributed by atoms with E-state index in [4.69, 9.17) is 9.47 Å². The number of rotatable bonds is 6. The third-order valence-corrected chi connectivity index (χ3v) is 6.20. The van der Waals surface area contributed by atoms with Gasteiger partial charge in [-0.1, -0.05) is 12.1 Å². The van der Waals surface area contributed by atoms with Gasteiger partial charge in [-0.3, -0.25) is 24.8 Å². The lowest BCUT2D eigenvalue weighted by molar-refractivity contribution is -0.384. The minimum atomic E-state index is -0.440. The molecule has 2 aromatic carbocycles. The van der Waals surface area contributed by atoms with E-state index in [1.165, 1.54) is 35.9 Å². The second-order valence-corrected chi connectivity index (χ2v) is 8.40. The van der Waals surface area contributed by atoms with Crippen molar-refractivity contribution in [2.24, 2.45) is 4.99 Å². The number of nitrogens with zero attached hydrogens (tertiary/aromatic N) is 3. The molecule has 1 fully saturated rings. The molecule has 0 aromatic heterocycles. The minimum absolute atomic E-state index is 0.0124. The predicted molar refractivity (Wildman–Crippen MR) is 125 cm³/mol. The number of amidine groups is 1. The monoisotopic (exact) mass is 539 g/mol. The first-order chi connectivity index (χ1) is 14.3. The van der Waals surface area contributed by atoms with Gasteiger partial charge in [0.15, 0.2) is 16.7 Å². The van der Waals surface area contributed by atoms with Gasteiger partial charge in [0, 0.05) is 26.2 Å². The van der Waals surface area contributed by atoms with Crippen molar-refractivity contribution < 1.29 is 19.2 Å². The number of benzene rings is 2. The summed E-state index contributed by atoms with van der Waals surface area (Å²) in [6, 6.07) is 9.96. The van der Waals surface area contributed by atoms with Crippen molar-refractivity contribution in [3.63, 3.8) is 0 Å². The number of hydrogen-bond acceptors (Lipinski definition) is 7. The van der Waals surface area contributed by atoms with Crippen LogP contribution in [0.4, 0.5) is 5.69 Å². The Morgan fingerprint density at radius 2 is 2.10 bits per heavy atom. The van der Waals surface area contributed by atoms with Gasteiger partial charge in [-0.2, -0.15) is 0 Å². The van der Waals surface area contributed by atoms with Crippen LogP contribution in [0, 0.1) is 13.7 Å². The average Bonchev–Trinajstić information content (AvgIpc) is 3.00. The first kappa shape index (κ1) is 22.1. The predicted octanol–water partition coefficient (Wildman–Crippen LogP) is 4.32. The van der Waals surface area contributed by atoms with Crippen molar-refractivity contribution in [3.8, 4) is 11.5 Å². The molecular formula is C20H18IN3O5S. The largest absolute Gasteiger partial charge is 0.493 e. The van der Waals surface area contributed by atoms with Crippen LogP contribution in [0.1, 0.15) is 11.1 Å². The fourth-order valence-electron chi connectivity index (χ4n) is 2.78. The zero-order valence-electron chi connectivity index (χ0n) is 16.4. The number of carbonyl (C=O) groups is 1. The maximum Gasteiger partial charge on any atom is 0.269 e. The van der Waals surface area contributed by atoms with Crippen LogP contribution in [0.3, 0.4) is 0 Å². The van der Waals surface area contributed by atoms with E-state index in [1.54, 1.807) is 38.4 Å². The molecule has 0 N–H and O–H groups in total. The molecule has 1 heterocycles. The Morgan fingerprint density at radius 3 is 2.73 bits per heavy atom. The Morgan fingerprint density at radius 1 is 1.33 bits per heavy atom. The van der Waals surface area contributed by atoms with E-state index < -0.39 is 4.92 Å². The number of thioether (sulfide) groups is 1. The van der Waals surface area contributed by atoms with Gasteiger partial charge in [0.05, 0.1) is 20.5 Å². The van der Waals surface area contributed by atoms with E-state index in [0.29, 0.717) is 27.1 Å². The Labute approximate surface area is 191 Å². The highest BCUT2D eigenvalue weighted by Crippen LogP contribution is 2.37. The fourth-order valence-corrected chi connectivity index (χ4v) is 4.49. The zero-order chi connectivity index (χ0) is 21.8. The van der Waals surface area contributed by atoms with Gasteiger partial charge in [0.2, 0.25) is 0 Å². The summed E-state index contributed by atoms with van der Waals surface area (Å²) < 4.78 is 12.2. The highest BCUT2D eigenvalue weighted by Gasteiger charge is 2.29. The number of halogens is 1. The van der Waals surface area contributed by atoms with Crippen molar-refractivity contribution in [2.75, 3.05) is 21.2 Å². The lowest BCUT2D eigenvalue weighted by Crippen LogP contribution is -2.23. The van der Waals surface area contributed by atoms with Gasteiger partial charge >= 0.3 is 0 Å². The summed E-state index contributed by atoms with van der Waals surface area (Å²) in [5.74, 6) is 0.929. The van der Waals surface area contributed by atoms with E-state index in [9.17, 15) is 14.9 Å². The molecule has 1 amide bonds. The SMILES string of the molecule is CN=C1S/C(=C/c2cc(I)c(OCc3cccc([N+](=O)[O-])c3)c(OC)c2)C(=O)N1C. The van der Waals surface area contributed by atoms with Crippen molar-refractivity contribution in [3.05, 3.63) is 66.1 Å². The second kappa shape index (κ2) is 9.47. The normalized spacial score (nSPS) is 16.4. The van der Waals surface area contributed by atoms with Crippen LogP contribution < -0.4 is 9.47 Å². The number of hydrogen-bond donors (Lipinski definition) is 0. The number of ether oxygens (including phenoxy) is 2. The molecule has 8 nitrogen and oxygen atoms in total. The van der Waals surface area contributed by atoms with Crippen LogP contribution in [0.15, 0.2) is 46.3 Å². The highest BCUT2D eigenvalue weighted by molar-refractivity contribution is 14.1. The Bertz CT molecular complexity index is 1070. The standard InChI is InChI=1S/C20H18IN3O5S/c1-22-20-23(2)19(25)17(30-20)10-13-8-15(21)18(16(9-13)28-3)29-11-12-5-4-6-14(7-12)24(26)27/h4-10H,11H2,1-3H3/b17-10+,22-20?. The molecule has 0 radical (unpaired) electrons. The molecular weight excluding hydrogens is 521 g/mol. The maximum atomic E-state index is 12.4. The summed E-state index contributed by atoms with van der Waals surface area (Å²) in [7, 11) is 4.87. The average molecular weight is 539 g/mol. The van der Waals surface area contributed by atoms with E-state index in [-0.39, 0.29) is 18.2 Å². The van der Waals surface area contributed by atoms with Crippen LogP contribution in [0.2, 0.25) is 0 Å². The van der Waals surface area contributed by atoms with Crippen LogP contribution >= 0.6 is 34.4 Å². The summed E-state index contributed by atoms with van der Waals surface area (Å²) >= 11 is 3.45. The summed E-state index contributed by atoms with van der Waals surface area (Å²) in [6.45, 7) is 0.157. The van der Waals surface area contributed by atoms with Gasteiger partial charge in [-0.05, 0) is 63.7 Å². The lowest BCUT2D eigenvalue weighted by Gasteiger charge is -2.14. The number of aliphatic imine (C=N–C) groups is 1. The van der Waals surface area contributed by atoms with Crippen molar-refractivity contribution in [1.29, 1.82) is 0 Å². The number of amides is 1. The number of likely N-dealkylation sites (N-methyl/N-ethyl adjacent to an activating group) is 1. The fraction of sp³-hybridized carbons (Fsp3) is 0.200. The van der Waals surface area contributed by atoms with Crippen LogP contribution in [-0.4, -0.2) is 42.1 Å². The number of carbonyl (C=O) groups excluding carboxylic acids is 1. The lowest BCUT2D eigenvalue weighted by atomic mass is 10.1. The van der Waals surface area contributed by atoms with Crippen LogP contribution in [-0.2, 0) is 11.4 Å². The van der Waals surface area contributed by atoms with Gasteiger partial charge in [-0.25, -0.2) is 0 Å². The number of nitro groups is 1. The smallest absolute Gasteiger partial charge is 0.269 e. The van der Waals surface area contributed by atoms with Crippen molar-refractivity contribution in [1.82, 2.24) is 4.90 Å². The zero-order valence-corrected chi connectivity index (χ0v) is 19.4. The molecule has 0 atom stereocenters. The molecule has 1 aliphatic rings. The summed E-state index contributed by atoms with van der Waals surface area (Å²) in [5.41, 5.74) is 1.48. The third-order valence-electron chi connectivity index (χ3n) is 4.25. The van der Waals surface area contributed by atoms with Gasteiger partial charge < -0.3 is 9.47 Å². The Hall–Kier alpha value is -2.60. The minimum Gasteiger partial charge on any atom is -0.493 e. The van der Waals surface area contributed by atoms with E-state index in [2.05, 4.69) is 27.6 Å². The molecule has 0 aliphatic carbocycles. The van der Waals surface area contributed by atoms with Gasteiger partial charge in [0.25, 0.3) is 11.6 Å². The molecule has 0 bridgehead atoms. The molecule has 1 aliphatic heterocycles. The van der Waals surface area contributed by atoms with Crippen molar-refractivity contribution in [2.45, 2.75) is 6.61 Å². The number of methoxy groups -OCH3 is 1. The molecule has 3 rings (SSSR count). The second-order valence-electron chi connectivity index (χ2n) is 6.23. The topological polar surface area (TPSA) is 94.3 Å². The summed E-state index contributed by atoms with van der Waals surface area (Å²) in [5, 5.41) is 11.6. The van der Waals surface area contributed by atoms with Crippen molar-refractivity contribution >= 4 is 57.2 Å². The first-order valence-electron chi connectivity index (χ1n) is 8.72. The highest BCUT2D eigenvalue weighted by atomic mass is 127. The molecule has 0 unspecified atom stereocenters. The van der Waals surface area contributed by atoms with E-state index in [1.807, 2.05) is 6.07 Å². The molecule has 30 heavy (non-hydrogen) atoms. The quantitative estimate of drug-likeness (QED) is 0.235. The molecule has 2 aromatic rings. The first-order valence-corrected chi connectivity index (χ1v) is 10.6. The molecule has 0 spiro atoms.